The van der Waals surface area contributed by atoms with Gasteiger partial charge in [0, 0.05) is 24.2 Å². The molecule has 0 saturated heterocycles. The van der Waals surface area contributed by atoms with Crippen molar-refractivity contribution in [3.8, 4) is 0 Å². The third kappa shape index (κ3) is 3.10. The molecule has 2 aromatic carbocycles. The third-order valence-electron chi connectivity index (χ3n) is 2.73. The maximum atomic E-state index is 13.6. The first kappa shape index (κ1) is 14.8. The lowest BCUT2D eigenvalue weighted by Crippen LogP contribution is -2.07. The number of benzene rings is 2. The van der Waals surface area contributed by atoms with Gasteiger partial charge in [-0.05, 0) is 12.1 Å². The van der Waals surface area contributed by atoms with E-state index >= 15 is 0 Å². The molecule has 0 saturated carbocycles. The lowest BCUT2D eigenvalue weighted by molar-refractivity contribution is -0.384. The number of halogens is 4. The molecular weight excluding hydrogens is 292 g/mol. The van der Waals surface area contributed by atoms with Crippen molar-refractivity contribution in [2.75, 3.05) is 5.32 Å². The minimum absolute atomic E-state index is 0.286. The number of para-hydroxylation sites is 1. The fraction of sp³-hybridized carbons (Fsp3) is 0.0769. The van der Waals surface area contributed by atoms with Gasteiger partial charge in [-0.15, -0.1) is 0 Å². The molecule has 0 radical (unpaired) electrons. The number of nitro benzene ring substituents is 1. The zero-order valence-corrected chi connectivity index (χ0v) is 10.4. The molecule has 1 N–H and O–H groups in total. The lowest BCUT2D eigenvalue weighted by atomic mass is 10.2. The largest absolute Gasteiger partial charge is 0.373 e. The van der Waals surface area contributed by atoms with Crippen LogP contribution in [0.5, 0.6) is 0 Å². The van der Waals surface area contributed by atoms with Crippen LogP contribution in [0.3, 0.4) is 0 Å². The molecule has 0 aliphatic rings. The molecule has 4 nitrogen and oxygen atoms in total. The highest BCUT2D eigenvalue weighted by Crippen LogP contribution is 2.27. The van der Waals surface area contributed by atoms with Gasteiger partial charge in [-0.25, -0.2) is 17.6 Å². The number of nitrogens with one attached hydrogen (secondary N) is 1. The Morgan fingerprint density at radius 1 is 1.00 bits per heavy atom. The van der Waals surface area contributed by atoms with Crippen LogP contribution in [0.2, 0.25) is 0 Å². The van der Waals surface area contributed by atoms with E-state index in [1.165, 1.54) is 0 Å². The van der Waals surface area contributed by atoms with Crippen LogP contribution in [0.1, 0.15) is 5.56 Å². The summed E-state index contributed by atoms with van der Waals surface area (Å²) < 4.78 is 52.8. The van der Waals surface area contributed by atoms with E-state index in [-0.39, 0.29) is 5.56 Å². The smallest absolute Gasteiger partial charge is 0.295 e. The summed E-state index contributed by atoms with van der Waals surface area (Å²) in [5.74, 6) is -4.57. The van der Waals surface area contributed by atoms with Crippen LogP contribution >= 0.6 is 0 Å². The van der Waals surface area contributed by atoms with Crippen LogP contribution in [0, 0.1) is 33.4 Å². The number of anilines is 1. The van der Waals surface area contributed by atoms with E-state index in [0.717, 1.165) is 18.2 Å². The first-order valence-corrected chi connectivity index (χ1v) is 5.70. The van der Waals surface area contributed by atoms with Gasteiger partial charge in [0.2, 0.25) is 0 Å². The molecule has 8 heteroatoms. The first-order valence-electron chi connectivity index (χ1n) is 5.70. The van der Waals surface area contributed by atoms with E-state index in [0.29, 0.717) is 12.1 Å². The predicted molar refractivity (Wildman–Crippen MR) is 66.7 cm³/mol. The summed E-state index contributed by atoms with van der Waals surface area (Å²) in [5, 5.41) is 13.1. The standard InChI is InChI=1S/C13H8F4N2O2/c14-8-2-1-3-12(19(20)21)13(8)18-6-7-4-10(16)11(17)5-9(7)15/h1-5,18H,6H2. The molecule has 0 aliphatic heterocycles. The van der Waals surface area contributed by atoms with Crippen molar-refractivity contribution < 1.29 is 22.5 Å². The normalized spacial score (nSPS) is 10.5. The van der Waals surface area contributed by atoms with Gasteiger partial charge in [0.05, 0.1) is 4.92 Å². The van der Waals surface area contributed by atoms with Crippen molar-refractivity contribution in [3.63, 3.8) is 0 Å². The Hall–Kier alpha value is -2.64. The topological polar surface area (TPSA) is 55.2 Å². The summed E-state index contributed by atoms with van der Waals surface area (Å²) in [5.41, 5.74) is -1.28. The van der Waals surface area contributed by atoms with E-state index in [2.05, 4.69) is 5.32 Å². The zero-order chi connectivity index (χ0) is 15.6. The van der Waals surface area contributed by atoms with E-state index in [1.807, 2.05) is 0 Å². The molecule has 0 amide bonds. The van der Waals surface area contributed by atoms with Gasteiger partial charge in [-0.2, -0.15) is 0 Å². The molecule has 0 unspecified atom stereocenters. The van der Waals surface area contributed by atoms with Gasteiger partial charge in [0.15, 0.2) is 17.5 Å². The molecule has 21 heavy (non-hydrogen) atoms. The van der Waals surface area contributed by atoms with Crippen LogP contribution < -0.4 is 5.32 Å². The maximum absolute atomic E-state index is 13.6. The maximum Gasteiger partial charge on any atom is 0.295 e. The van der Waals surface area contributed by atoms with Crippen LogP contribution in [0.15, 0.2) is 30.3 Å². The second kappa shape index (κ2) is 5.78. The van der Waals surface area contributed by atoms with Gasteiger partial charge < -0.3 is 5.32 Å². The molecule has 0 atom stereocenters. The van der Waals surface area contributed by atoms with Crippen LogP contribution in [-0.4, -0.2) is 4.92 Å². The molecule has 0 heterocycles. The SMILES string of the molecule is O=[N+]([O-])c1cccc(F)c1NCc1cc(F)c(F)cc1F. The highest BCUT2D eigenvalue weighted by molar-refractivity contribution is 5.62. The molecule has 0 bridgehead atoms. The Balaban J connectivity index is 2.29. The monoisotopic (exact) mass is 300 g/mol. The molecule has 110 valence electrons. The van der Waals surface area contributed by atoms with Gasteiger partial charge in [-0.3, -0.25) is 10.1 Å². The van der Waals surface area contributed by atoms with Crippen LogP contribution in [-0.2, 0) is 6.54 Å². The first-order chi connectivity index (χ1) is 9.90. The number of nitro groups is 1. The van der Waals surface area contributed by atoms with Crippen molar-refractivity contribution in [1.82, 2.24) is 0 Å². The zero-order valence-electron chi connectivity index (χ0n) is 10.4. The fourth-order valence-electron chi connectivity index (χ4n) is 1.72. The van der Waals surface area contributed by atoms with Crippen LogP contribution in [0.4, 0.5) is 28.9 Å². The Morgan fingerprint density at radius 3 is 2.33 bits per heavy atom. The van der Waals surface area contributed by atoms with E-state index in [9.17, 15) is 27.7 Å². The Labute approximate surface area is 116 Å². The lowest BCUT2D eigenvalue weighted by Gasteiger charge is -2.09. The third-order valence-corrected chi connectivity index (χ3v) is 2.73. The summed E-state index contributed by atoms with van der Waals surface area (Å²) in [6.07, 6.45) is 0. The number of hydrogen-bond acceptors (Lipinski definition) is 3. The van der Waals surface area contributed by atoms with Gasteiger partial charge in [0.25, 0.3) is 5.69 Å². The predicted octanol–water partition coefficient (Wildman–Crippen LogP) is 3.76. The molecule has 0 spiro atoms. The second-order valence-corrected chi connectivity index (χ2v) is 4.10. The number of hydrogen-bond donors (Lipinski definition) is 1. The molecule has 0 fully saturated rings. The van der Waals surface area contributed by atoms with Gasteiger partial charge >= 0.3 is 0 Å². The Kier molecular flexibility index (Phi) is 4.06. The molecule has 0 aromatic heterocycles. The molecule has 0 aliphatic carbocycles. The molecule has 2 rings (SSSR count). The summed E-state index contributed by atoms with van der Waals surface area (Å²) in [6.45, 7) is -0.440. The van der Waals surface area contributed by atoms with E-state index in [1.54, 1.807) is 0 Å². The molecule has 2 aromatic rings. The average molecular weight is 300 g/mol. The summed E-state index contributed by atoms with van der Waals surface area (Å²) in [4.78, 5) is 9.95. The number of rotatable bonds is 4. The summed E-state index contributed by atoms with van der Waals surface area (Å²) in [6, 6.07) is 4.15. The van der Waals surface area contributed by atoms with Crippen molar-refractivity contribution in [3.05, 3.63) is 69.3 Å². The Bertz CT molecular complexity index is 707. The van der Waals surface area contributed by atoms with Gasteiger partial charge in [0.1, 0.15) is 11.5 Å². The van der Waals surface area contributed by atoms with Crippen molar-refractivity contribution in [2.45, 2.75) is 6.54 Å². The van der Waals surface area contributed by atoms with Crippen molar-refractivity contribution in [1.29, 1.82) is 0 Å². The second-order valence-electron chi connectivity index (χ2n) is 4.10. The average Bonchev–Trinajstić information content (AvgIpc) is 2.42. The van der Waals surface area contributed by atoms with E-state index in [4.69, 9.17) is 0 Å². The van der Waals surface area contributed by atoms with Crippen molar-refractivity contribution in [2.24, 2.45) is 0 Å². The van der Waals surface area contributed by atoms with Crippen molar-refractivity contribution >= 4 is 11.4 Å². The van der Waals surface area contributed by atoms with Gasteiger partial charge in [-0.1, -0.05) is 6.07 Å². The Morgan fingerprint density at radius 2 is 1.67 bits per heavy atom. The summed E-state index contributed by atoms with van der Waals surface area (Å²) >= 11 is 0. The minimum Gasteiger partial charge on any atom is -0.373 e. The fourth-order valence-corrected chi connectivity index (χ4v) is 1.72. The summed E-state index contributed by atoms with van der Waals surface area (Å²) in [7, 11) is 0. The molecular formula is C13H8F4N2O2. The number of nitrogens with zero attached hydrogens (tertiary/aromatic N) is 1. The van der Waals surface area contributed by atoms with Crippen LogP contribution in [0.25, 0.3) is 0 Å². The highest BCUT2D eigenvalue weighted by atomic mass is 19.2. The minimum atomic E-state index is -1.35. The quantitative estimate of drug-likeness (QED) is 0.405. The van der Waals surface area contributed by atoms with E-state index < -0.39 is 46.1 Å². The highest BCUT2D eigenvalue weighted by Gasteiger charge is 2.18.